The zero-order chi connectivity index (χ0) is 31.6. The number of aliphatic imine (C=N–C) groups is 1. The van der Waals surface area contributed by atoms with Gasteiger partial charge < -0.3 is 15.0 Å². The molecule has 2 aliphatic rings. The van der Waals surface area contributed by atoms with Crippen molar-refractivity contribution in [1.29, 1.82) is 0 Å². The molecule has 0 aromatic heterocycles. The molecule has 1 fully saturated rings. The van der Waals surface area contributed by atoms with Crippen molar-refractivity contribution in [3.05, 3.63) is 70.3 Å². The van der Waals surface area contributed by atoms with Crippen LogP contribution >= 0.6 is 0 Å². The van der Waals surface area contributed by atoms with Gasteiger partial charge in [-0.1, -0.05) is 24.3 Å². The van der Waals surface area contributed by atoms with Gasteiger partial charge in [-0.2, -0.15) is 8.78 Å². The standard InChI is InChI=1S/C29H34F4N4O5S/c1-19-15-23(25(38)36(2)3)8-7-21(19)9-14-43(40,41)37-12-10-28(11-13-37)27(39)34-24(35-28)22-6-4-5-20(16-22)17-42-18-29(32,33)26(30)31/h4-8,15-16,26H,9-14,17-18H2,1-3H3,(H,34,35,39). The van der Waals surface area contributed by atoms with Crippen LogP contribution in [0.3, 0.4) is 0 Å². The van der Waals surface area contributed by atoms with E-state index in [4.69, 9.17) is 4.74 Å². The fourth-order valence-electron chi connectivity index (χ4n) is 5.04. The first-order chi connectivity index (χ1) is 20.1. The number of hydrogen-bond acceptors (Lipinski definition) is 6. The molecule has 14 heteroatoms. The second-order valence-corrected chi connectivity index (χ2v) is 13.1. The molecule has 0 unspecified atom stereocenters. The molecule has 43 heavy (non-hydrogen) atoms. The predicted molar refractivity (Wildman–Crippen MR) is 152 cm³/mol. The second kappa shape index (κ2) is 12.7. The van der Waals surface area contributed by atoms with Gasteiger partial charge in [-0.05, 0) is 61.1 Å². The molecule has 2 aromatic rings. The number of halogens is 4. The number of rotatable bonds is 11. The van der Waals surface area contributed by atoms with Crippen LogP contribution < -0.4 is 5.32 Å². The molecular formula is C29H34F4N4O5S. The van der Waals surface area contributed by atoms with Crippen molar-refractivity contribution in [3.8, 4) is 0 Å². The van der Waals surface area contributed by atoms with E-state index in [2.05, 4.69) is 10.3 Å². The Hall–Kier alpha value is -3.36. The normalized spacial score (nSPS) is 17.3. The highest BCUT2D eigenvalue weighted by Gasteiger charge is 2.47. The molecule has 1 spiro atoms. The molecule has 0 bridgehead atoms. The number of benzene rings is 2. The molecule has 2 heterocycles. The van der Waals surface area contributed by atoms with Crippen LogP contribution in [0.1, 0.15) is 45.5 Å². The maximum absolute atomic E-state index is 13.2. The molecule has 0 aliphatic carbocycles. The molecular weight excluding hydrogens is 592 g/mol. The van der Waals surface area contributed by atoms with Gasteiger partial charge in [0, 0.05) is 38.3 Å². The third-order valence-corrected chi connectivity index (χ3v) is 9.50. The highest BCUT2D eigenvalue weighted by atomic mass is 32.2. The van der Waals surface area contributed by atoms with E-state index in [9.17, 15) is 35.6 Å². The molecule has 0 radical (unpaired) electrons. The average Bonchev–Trinajstić information content (AvgIpc) is 3.27. The number of amidine groups is 1. The van der Waals surface area contributed by atoms with Gasteiger partial charge in [-0.15, -0.1) is 0 Å². The third kappa shape index (κ3) is 7.42. The van der Waals surface area contributed by atoms with E-state index >= 15 is 0 Å². The van der Waals surface area contributed by atoms with Crippen molar-refractivity contribution >= 4 is 27.7 Å². The summed E-state index contributed by atoms with van der Waals surface area (Å²) in [5.41, 5.74) is 1.95. The fourth-order valence-corrected chi connectivity index (χ4v) is 6.51. The molecule has 0 saturated carbocycles. The number of ether oxygens (including phenoxy) is 1. The van der Waals surface area contributed by atoms with E-state index in [1.807, 2.05) is 6.92 Å². The molecule has 0 atom stereocenters. The summed E-state index contributed by atoms with van der Waals surface area (Å²) in [6, 6.07) is 11.6. The van der Waals surface area contributed by atoms with Gasteiger partial charge in [0.1, 0.15) is 18.0 Å². The monoisotopic (exact) mass is 626 g/mol. The van der Waals surface area contributed by atoms with Crippen LogP contribution in [-0.2, 0) is 32.6 Å². The van der Waals surface area contributed by atoms with Gasteiger partial charge in [0.15, 0.2) is 0 Å². The first-order valence-electron chi connectivity index (χ1n) is 13.7. The minimum atomic E-state index is -4.26. The number of amides is 2. The van der Waals surface area contributed by atoms with Gasteiger partial charge >= 0.3 is 12.3 Å². The largest absolute Gasteiger partial charge is 0.370 e. The Balaban J connectivity index is 1.36. The Labute approximate surface area is 248 Å². The van der Waals surface area contributed by atoms with E-state index in [1.165, 1.54) is 9.21 Å². The van der Waals surface area contributed by atoms with Gasteiger partial charge in [-0.3, -0.25) is 14.6 Å². The summed E-state index contributed by atoms with van der Waals surface area (Å²) >= 11 is 0. The van der Waals surface area contributed by atoms with Gasteiger partial charge in [0.25, 0.3) is 11.8 Å². The molecule has 1 N–H and O–H groups in total. The van der Waals surface area contributed by atoms with Crippen LogP contribution in [-0.4, -0.2) is 92.7 Å². The van der Waals surface area contributed by atoms with E-state index in [0.29, 0.717) is 16.7 Å². The number of alkyl halides is 4. The van der Waals surface area contributed by atoms with Crippen LogP contribution in [0.5, 0.6) is 0 Å². The number of carbonyl (C=O) groups excluding carboxylic acids is 2. The van der Waals surface area contributed by atoms with Crippen LogP contribution in [0.4, 0.5) is 17.6 Å². The predicted octanol–water partition coefficient (Wildman–Crippen LogP) is 3.40. The van der Waals surface area contributed by atoms with Crippen molar-refractivity contribution in [2.75, 3.05) is 39.5 Å². The number of carbonyl (C=O) groups is 2. The van der Waals surface area contributed by atoms with Crippen molar-refractivity contribution in [3.63, 3.8) is 0 Å². The lowest BCUT2D eigenvalue weighted by Gasteiger charge is -2.34. The van der Waals surface area contributed by atoms with E-state index in [1.54, 1.807) is 56.6 Å². The summed E-state index contributed by atoms with van der Waals surface area (Å²) in [5.74, 6) is -4.62. The Bertz CT molecular complexity index is 1510. The minimum Gasteiger partial charge on any atom is -0.370 e. The SMILES string of the molecule is Cc1cc(C(=O)N(C)C)ccc1CCS(=O)(=O)N1CCC2(CC1)N=C(c1cccc(COCC(F)(F)C(F)F)c1)NC2=O. The van der Waals surface area contributed by atoms with E-state index in [0.717, 1.165) is 11.1 Å². The smallest absolute Gasteiger partial charge is 0.330 e. The highest BCUT2D eigenvalue weighted by Crippen LogP contribution is 2.32. The second-order valence-electron chi connectivity index (χ2n) is 11.0. The van der Waals surface area contributed by atoms with E-state index in [-0.39, 0.29) is 62.4 Å². The Kier molecular flexibility index (Phi) is 9.62. The van der Waals surface area contributed by atoms with Gasteiger partial charge in [-0.25, -0.2) is 21.5 Å². The maximum Gasteiger partial charge on any atom is 0.330 e. The first kappa shape index (κ1) is 32.6. The molecule has 4 rings (SSSR count). The zero-order valence-corrected chi connectivity index (χ0v) is 24.9. The Morgan fingerprint density at radius 3 is 2.49 bits per heavy atom. The topological polar surface area (TPSA) is 108 Å². The van der Waals surface area contributed by atoms with Crippen molar-refractivity contribution in [2.45, 2.75) is 50.7 Å². The number of nitrogens with zero attached hydrogens (tertiary/aromatic N) is 3. The quantitative estimate of drug-likeness (QED) is 0.385. The third-order valence-electron chi connectivity index (χ3n) is 7.63. The molecule has 234 valence electrons. The summed E-state index contributed by atoms with van der Waals surface area (Å²) in [5, 5.41) is 2.74. The maximum atomic E-state index is 13.2. The minimum absolute atomic E-state index is 0.105. The lowest BCUT2D eigenvalue weighted by molar-refractivity contribution is -0.168. The number of sulfonamides is 1. The van der Waals surface area contributed by atoms with Crippen LogP contribution in [0, 0.1) is 6.92 Å². The average molecular weight is 627 g/mol. The van der Waals surface area contributed by atoms with Gasteiger partial charge in [0.2, 0.25) is 10.0 Å². The van der Waals surface area contributed by atoms with E-state index < -0.39 is 34.5 Å². The van der Waals surface area contributed by atoms with Crippen LogP contribution in [0.25, 0.3) is 0 Å². The summed E-state index contributed by atoms with van der Waals surface area (Å²) in [7, 11) is -0.313. The summed E-state index contributed by atoms with van der Waals surface area (Å²) in [6.07, 6.45) is -3.21. The number of hydrogen-bond donors (Lipinski definition) is 1. The molecule has 1 saturated heterocycles. The molecule has 9 nitrogen and oxygen atoms in total. The highest BCUT2D eigenvalue weighted by molar-refractivity contribution is 7.89. The molecule has 2 aromatic carbocycles. The fraction of sp³-hybridized carbons (Fsp3) is 0.483. The zero-order valence-electron chi connectivity index (χ0n) is 24.1. The van der Waals surface area contributed by atoms with Crippen LogP contribution in [0.15, 0.2) is 47.5 Å². The molecule has 2 amide bonds. The lowest BCUT2D eigenvalue weighted by atomic mass is 9.89. The summed E-state index contributed by atoms with van der Waals surface area (Å²) in [4.78, 5) is 31.3. The van der Waals surface area contributed by atoms with Crippen molar-refractivity contribution in [2.24, 2.45) is 4.99 Å². The van der Waals surface area contributed by atoms with Crippen molar-refractivity contribution < 1.29 is 40.3 Å². The lowest BCUT2D eigenvalue weighted by Crippen LogP contribution is -2.50. The Morgan fingerprint density at radius 1 is 1.16 bits per heavy atom. The van der Waals surface area contributed by atoms with Crippen molar-refractivity contribution in [1.82, 2.24) is 14.5 Å². The number of piperidine rings is 1. The number of nitrogens with one attached hydrogen (secondary N) is 1. The Morgan fingerprint density at radius 2 is 1.86 bits per heavy atom. The number of aryl methyl sites for hydroxylation is 2. The summed E-state index contributed by atoms with van der Waals surface area (Å²) < 4.78 is 83.4. The first-order valence-corrected chi connectivity index (χ1v) is 15.3. The van der Waals surface area contributed by atoms with Gasteiger partial charge in [0.05, 0.1) is 12.4 Å². The van der Waals surface area contributed by atoms with Crippen LogP contribution in [0.2, 0.25) is 0 Å². The summed E-state index contributed by atoms with van der Waals surface area (Å²) in [6.45, 7) is 0.274. The molecule has 2 aliphatic heterocycles.